The molecule has 0 aliphatic rings. The molecule has 6 heteroatoms. The normalized spacial score (nSPS) is 11.2. The van der Waals surface area contributed by atoms with Crippen molar-refractivity contribution >= 4 is 40.4 Å². The van der Waals surface area contributed by atoms with E-state index in [1.807, 2.05) is 38.1 Å². The monoisotopic (exact) mass is 385 g/mol. The number of halogens is 1. The highest BCUT2D eigenvalue weighted by Gasteiger charge is 2.12. The number of carbonyl (C=O) groups excluding carboxylic acids is 1. The molecule has 0 spiro atoms. The van der Waals surface area contributed by atoms with Crippen LogP contribution in [0.1, 0.15) is 31.4 Å². The van der Waals surface area contributed by atoms with Crippen molar-refractivity contribution in [1.82, 2.24) is 4.98 Å². The Bertz CT molecular complexity index is 955. The number of carbonyl (C=O) groups is 1. The molecule has 3 nitrogen and oxygen atoms in total. The fourth-order valence-corrected chi connectivity index (χ4v) is 3.91. The fraction of sp³-hybridized carbons (Fsp3) is 0.100. The van der Waals surface area contributed by atoms with Crippen LogP contribution in [0.25, 0.3) is 12.2 Å². The van der Waals surface area contributed by atoms with Crippen LogP contribution in [0.5, 0.6) is 5.75 Å². The fourth-order valence-electron chi connectivity index (χ4n) is 2.38. The van der Waals surface area contributed by atoms with Gasteiger partial charge in [-0.05, 0) is 84.8 Å². The first-order valence-electron chi connectivity index (χ1n) is 7.84. The molecule has 3 aromatic rings. The standard InChI is InChI=1S/C20H16FNO2S2/c1-12-9-14(10-13(2)18(12)23)3-6-17-11-22-19(25-17)20(24)26-16-7-4-15(21)5-8-16/h3-11,23H,1-2H3/b6-3+. The van der Waals surface area contributed by atoms with E-state index >= 15 is 0 Å². The molecule has 1 N–H and O–H groups in total. The molecule has 1 aromatic heterocycles. The predicted molar refractivity (Wildman–Crippen MR) is 105 cm³/mol. The predicted octanol–water partition coefficient (Wildman–Crippen LogP) is 5.71. The average Bonchev–Trinajstić information content (AvgIpc) is 3.09. The lowest BCUT2D eigenvalue weighted by Gasteiger charge is -2.04. The van der Waals surface area contributed by atoms with Crippen molar-refractivity contribution < 1.29 is 14.3 Å². The van der Waals surface area contributed by atoms with Crippen molar-refractivity contribution in [1.29, 1.82) is 0 Å². The minimum atomic E-state index is -0.330. The molecule has 2 aromatic carbocycles. The maximum atomic E-state index is 12.9. The Morgan fingerprint density at radius 2 is 1.81 bits per heavy atom. The highest BCUT2D eigenvalue weighted by Crippen LogP contribution is 2.27. The molecular weight excluding hydrogens is 369 g/mol. The van der Waals surface area contributed by atoms with Crippen molar-refractivity contribution in [2.24, 2.45) is 0 Å². The Morgan fingerprint density at radius 3 is 2.46 bits per heavy atom. The van der Waals surface area contributed by atoms with Gasteiger partial charge in [-0.2, -0.15) is 0 Å². The van der Waals surface area contributed by atoms with Gasteiger partial charge < -0.3 is 5.11 Å². The lowest BCUT2D eigenvalue weighted by molar-refractivity contribution is 0.108. The molecule has 0 bridgehead atoms. The molecule has 3 rings (SSSR count). The molecule has 0 unspecified atom stereocenters. The van der Waals surface area contributed by atoms with Crippen LogP contribution in [0, 0.1) is 19.7 Å². The maximum absolute atomic E-state index is 12.9. The third kappa shape index (κ3) is 4.39. The maximum Gasteiger partial charge on any atom is 0.252 e. The summed E-state index contributed by atoms with van der Waals surface area (Å²) in [7, 11) is 0. The molecule has 132 valence electrons. The van der Waals surface area contributed by atoms with Crippen molar-refractivity contribution in [3.63, 3.8) is 0 Å². The molecule has 0 aliphatic carbocycles. The Labute approximate surface area is 159 Å². The smallest absolute Gasteiger partial charge is 0.252 e. The van der Waals surface area contributed by atoms with Gasteiger partial charge in [-0.15, -0.1) is 11.3 Å². The number of aromatic nitrogens is 1. The summed E-state index contributed by atoms with van der Waals surface area (Å²) in [5.74, 6) is -0.0196. The van der Waals surface area contributed by atoms with Crippen LogP contribution in [0.3, 0.4) is 0 Å². The highest BCUT2D eigenvalue weighted by atomic mass is 32.2. The molecule has 0 saturated carbocycles. The summed E-state index contributed by atoms with van der Waals surface area (Å²) in [5.41, 5.74) is 2.61. The highest BCUT2D eigenvalue weighted by molar-refractivity contribution is 8.14. The van der Waals surface area contributed by atoms with Crippen molar-refractivity contribution in [3.8, 4) is 5.75 Å². The number of benzene rings is 2. The van der Waals surface area contributed by atoms with Crippen LogP contribution in [-0.2, 0) is 0 Å². The van der Waals surface area contributed by atoms with E-state index in [0.717, 1.165) is 33.3 Å². The molecule has 0 saturated heterocycles. The number of phenolic OH excluding ortho intramolecular Hbond substituents is 1. The Balaban J connectivity index is 1.71. The summed E-state index contributed by atoms with van der Waals surface area (Å²) in [6, 6.07) is 9.59. The van der Waals surface area contributed by atoms with E-state index in [4.69, 9.17) is 0 Å². The number of rotatable bonds is 4. The SMILES string of the molecule is Cc1cc(/C=C/c2cnc(C(=O)Sc3ccc(F)cc3)s2)cc(C)c1O. The van der Waals surface area contributed by atoms with Gasteiger partial charge in [-0.1, -0.05) is 6.08 Å². The van der Waals surface area contributed by atoms with E-state index in [0.29, 0.717) is 15.7 Å². The third-order valence-corrected chi connectivity index (χ3v) is 5.65. The van der Waals surface area contributed by atoms with Gasteiger partial charge >= 0.3 is 0 Å². The first kappa shape index (κ1) is 18.4. The molecule has 0 atom stereocenters. The van der Waals surface area contributed by atoms with Crippen LogP contribution >= 0.6 is 23.1 Å². The van der Waals surface area contributed by atoms with Crippen molar-refractivity contribution in [3.05, 3.63) is 75.0 Å². The Kier molecular flexibility index (Phi) is 5.54. The third-order valence-electron chi connectivity index (χ3n) is 3.68. The molecule has 0 amide bonds. The number of phenols is 1. The average molecular weight is 385 g/mol. The zero-order chi connectivity index (χ0) is 18.7. The summed E-state index contributed by atoms with van der Waals surface area (Å²) < 4.78 is 12.9. The van der Waals surface area contributed by atoms with E-state index in [1.165, 1.54) is 23.5 Å². The lowest BCUT2D eigenvalue weighted by atomic mass is 10.1. The molecule has 0 radical (unpaired) electrons. The van der Waals surface area contributed by atoms with Gasteiger partial charge in [0.2, 0.25) is 0 Å². The molecule has 1 heterocycles. The summed E-state index contributed by atoms with van der Waals surface area (Å²) in [6.45, 7) is 3.71. The van der Waals surface area contributed by atoms with Crippen LogP contribution in [0.4, 0.5) is 4.39 Å². The first-order valence-corrected chi connectivity index (χ1v) is 9.47. The second-order valence-corrected chi connectivity index (χ2v) is 7.86. The van der Waals surface area contributed by atoms with Crippen LogP contribution in [0.2, 0.25) is 0 Å². The number of aryl methyl sites for hydroxylation is 2. The number of nitrogens with zero attached hydrogens (tertiary/aromatic N) is 1. The topological polar surface area (TPSA) is 50.2 Å². The lowest BCUT2D eigenvalue weighted by Crippen LogP contribution is -1.91. The van der Waals surface area contributed by atoms with E-state index in [1.54, 1.807) is 18.3 Å². The molecule has 0 fully saturated rings. The van der Waals surface area contributed by atoms with E-state index in [-0.39, 0.29) is 10.9 Å². The minimum Gasteiger partial charge on any atom is -0.507 e. The number of hydrogen-bond acceptors (Lipinski definition) is 5. The summed E-state index contributed by atoms with van der Waals surface area (Å²) >= 11 is 2.33. The zero-order valence-electron chi connectivity index (χ0n) is 14.2. The van der Waals surface area contributed by atoms with Gasteiger partial charge in [0, 0.05) is 16.0 Å². The number of thioether (sulfide) groups is 1. The molecule has 26 heavy (non-hydrogen) atoms. The second-order valence-electron chi connectivity index (χ2n) is 5.75. The van der Waals surface area contributed by atoms with Gasteiger partial charge in [0.1, 0.15) is 11.6 Å². The summed E-state index contributed by atoms with van der Waals surface area (Å²) in [4.78, 5) is 18.0. The van der Waals surface area contributed by atoms with Gasteiger partial charge in [-0.3, -0.25) is 4.79 Å². The number of aromatic hydroxyl groups is 1. The van der Waals surface area contributed by atoms with Gasteiger partial charge in [0.15, 0.2) is 5.01 Å². The van der Waals surface area contributed by atoms with E-state index in [9.17, 15) is 14.3 Å². The van der Waals surface area contributed by atoms with Gasteiger partial charge in [-0.25, -0.2) is 9.37 Å². The zero-order valence-corrected chi connectivity index (χ0v) is 15.8. The van der Waals surface area contributed by atoms with E-state index < -0.39 is 0 Å². The Morgan fingerprint density at radius 1 is 1.15 bits per heavy atom. The minimum absolute atomic E-state index is 0.169. The van der Waals surface area contributed by atoms with E-state index in [2.05, 4.69) is 4.98 Å². The van der Waals surface area contributed by atoms with Crippen LogP contribution < -0.4 is 0 Å². The Hall–Kier alpha value is -2.44. The number of thiazole rings is 1. The first-order chi connectivity index (χ1) is 12.4. The van der Waals surface area contributed by atoms with Gasteiger partial charge in [0.05, 0.1) is 0 Å². The van der Waals surface area contributed by atoms with Crippen LogP contribution in [-0.4, -0.2) is 15.2 Å². The molecule has 0 aliphatic heterocycles. The largest absolute Gasteiger partial charge is 0.507 e. The molecular formula is C20H16FNO2S2. The van der Waals surface area contributed by atoms with Crippen LogP contribution in [0.15, 0.2) is 47.5 Å². The van der Waals surface area contributed by atoms with Crippen molar-refractivity contribution in [2.75, 3.05) is 0 Å². The quantitative estimate of drug-likeness (QED) is 0.585. The summed E-state index contributed by atoms with van der Waals surface area (Å²) in [5, 5.41) is 10.1. The van der Waals surface area contributed by atoms with Crippen molar-refractivity contribution in [2.45, 2.75) is 18.7 Å². The summed E-state index contributed by atoms with van der Waals surface area (Å²) in [6.07, 6.45) is 5.47. The second kappa shape index (κ2) is 7.85. The van der Waals surface area contributed by atoms with Gasteiger partial charge in [0.25, 0.3) is 5.12 Å². The number of hydrogen-bond donors (Lipinski definition) is 1.